The van der Waals surface area contributed by atoms with Gasteiger partial charge in [0.25, 0.3) is 0 Å². The molecule has 0 fully saturated rings. The van der Waals surface area contributed by atoms with Gasteiger partial charge in [-0.1, -0.05) is 16.6 Å². The highest BCUT2D eigenvalue weighted by molar-refractivity contribution is 7.03. The lowest BCUT2D eigenvalue weighted by molar-refractivity contribution is 0.339. The Morgan fingerprint density at radius 2 is 2.41 bits per heavy atom. The molecular weight excluding hydrogens is 236 g/mol. The number of hydrazine groups is 1. The third-order valence-electron chi connectivity index (χ3n) is 2.34. The molecule has 1 aromatic heterocycles. The van der Waals surface area contributed by atoms with Crippen LogP contribution in [0.3, 0.4) is 0 Å². The third kappa shape index (κ3) is 2.79. The topological polar surface area (TPSA) is 73.1 Å². The molecule has 0 amide bonds. The molecule has 1 aromatic carbocycles. The van der Waals surface area contributed by atoms with Gasteiger partial charge in [-0.3, -0.25) is 5.84 Å². The van der Waals surface area contributed by atoms with Gasteiger partial charge in [-0.25, -0.2) is 5.43 Å². The van der Waals surface area contributed by atoms with Gasteiger partial charge in [-0.2, -0.15) is 0 Å². The summed E-state index contributed by atoms with van der Waals surface area (Å²) in [5.74, 6) is 6.39. The van der Waals surface area contributed by atoms with Gasteiger partial charge in [0.2, 0.25) is 0 Å². The Kier molecular flexibility index (Phi) is 4.03. The summed E-state index contributed by atoms with van der Waals surface area (Å²) in [6, 6.07) is 7.62. The van der Waals surface area contributed by atoms with Gasteiger partial charge in [-0.15, -0.1) is 5.10 Å². The second kappa shape index (κ2) is 5.72. The number of hydrogen-bond donors (Lipinski definition) is 2. The lowest BCUT2D eigenvalue weighted by atomic mass is 10.1. The van der Waals surface area contributed by atoms with E-state index in [4.69, 9.17) is 10.6 Å². The maximum atomic E-state index is 5.57. The zero-order valence-electron chi connectivity index (χ0n) is 9.46. The second-order valence-electron chi connectivity index (χ2n) is 3.43. The van der Waals surface area contributed by atoms with Crippen LogP contribution >= 0.6 is 11.5 Å². The van der Waals surface area contributed by atoms with Crippen LogP contribution in [0, 0.1) is 0 Å². The molecule has 0 aliphatic rings. The highest BCUT2D eigenvalue weighted by Crippen LogP contribution is 2.23. The Bertz CT molecular complexity index is 460. The third-order valence-corrected chi connectivity index (χ3v) is 2.86. The average molecular weight is 250 g/mol. The van der Waals surface area contributed by atoms with Gasteiger partial charge in [0.15, 0.2) is 0 Å². The molecule has 0 spiro atoms. The van der Waals surface area contributed by atoms with Gasteiger partial charge in [0, 0.05) is 5.38 Å². The van der Waals surface area contributed by atoms with Gasteiger partial charge < -0.3 is 4.74 Å². The zero-order valence-corrected chi connectivity index (χ0v) is 10.3. The van der Waals surface area contributed by atoms with E-state index in [1.54, 1.807) is 0 Å². The first-order valence-electron chi connectivity index (χ1n) is 5.31. The minimum absolute atomic E-state index is 0.158. The molecule has 90 valence electrons. The van der Waals surface area contributed by atoms with E-state index in [9.17, 15) is 0 Å². The molecule has 3 N–H and O–H groups in total. The Morgan fingerprint density at radius 3 is 3.06 bits per heavy atom. The Hall–Kier alpha value is -1.50. The summed E-state index contributed by atoms with van der Waals surface area (Å²) in [6.45, 7) is 2.60. The van der Waals surface area contributed by atoms with Crippen LogP contribution in [0.4, 0.5) is 0 Å². The first kappa shape index (κ1) is 12.0. The van der Waals surface area contributed by atoms with Gasteiger partial charge >= 0.3 is 0 Å². The molecule has 1 heterocycles. The van der Waals surface area contributed by atoms with Crippen molar-refractivity contribution in [3.8, 4) is 5.75 Å². The van der Waals surface area contributed by atoms with E-state index in [2.05, 4.69) is 15.0 Å². The van der Waals surface area contributed by atoms with E-state index in [1.807, 2.05) is 36.6 Å². The number of rotatable bonds is 5. The summed E-state index contributed by atoms with van der Waals surface area (Å²) in [5.41, 5.74) is 4.56. The highest BCUT2D eigenvalue weighted by atomic mass is 32.1. The first-order valence-corrected chi connectivity index (χ1v) is 6.14. The number of nitrogens with zero attached hydrogens (tertiary/aromatic N) is 2. The van der Waals surface area contributed by atoms with E-state index >= 15 is 0 Å². The molecule has 1 atom stereocenters. The number of nitrogens with one attached hydrogen (secondary N) is 1. The van der Waals surface area contributed by atoms with E-state index in [1.165, 1.54) is 11.5 Å². The lowest BCUT2D eigenvalue weighted by Gasteiger charge is -2.14. The van der Waals surface area contributed by atoms with Gasteiger partial charge in [0.05, 0.1) is 18.3 Å². The van der Waals surface area contributed by atoms with Crippen molar-refractivity contribution in [2.45, 2.75) is 13.0 Å². The molecule has 0 saturated carbocycles. The van der Waals surface area contributed by atoms with Crippen molar-refractivity contribution in [1.29, 1.82) is 0 Å². The summed E-state index contributed by atoms with van der Waals surface area (Å²) in [5, 5.41) is 5.90. The molecule has 5 nitrogen and oxygen atoms in total. The maximum absolute atomic E-state index is 5.57. The predicted molar refractivity (Wildman–Crippen MR) is 66.7 cm³/mol. The number of nitrogens with two attached hydrogens (primary N) is 1. The molecule has 1 unspecified atom stereocenters. The molecule has 0 aliphatic carbocycles. The highest BCUT2D eigenvalue weighted by Gasteiger charge is 2.15. The van der Waals surface area contributed by atoms with Crippen LogP contribution in [0.1, 0.15) is 24.2 Å². The van der Waals surface area contributed by atoms with E-state index in [-0.39, 0.29) is 6.04 Å². The monoisotopic (exact) mass is 250 g/mol. The molecule has 17 heavy (non-hydrogen) atoms. The smallest absolute Gasteiger partial charge is 0.119 e. The minimum atomic E-state index is -0.158. The zero-order chi connectivity index (χ0) is 12.1. The first-order chi connectivity index (χ1) is 8.35. The predicted octanol–water partition coefficient (Wildman–Crippen LogP) is 1.49. The second-order valence-corrected chi connectivity index (χ2v) is 4.04. The Morgan fingerprint density at radius 1 is 1.53 bits per heavy atom. The van der Waals surface area contributed by atoms with Crippen molar-refractivity contribution in [2.24, 2.45) is 5.84 Å². The maximum Gasteiger partial charge on any atom is 0.119 e. The quantitative estimate of drug-likeness (QED) is 0.621. The molecule has 2 rings (SSSR count). The summed E-state index contributed by atoms with van der Waals surface area (Å²) in [4.78, 5) is 0. The molecule has 0 radical (unpaired) electrons. The number of benzene rings is 1. The van der Waals surface area contributed by atoms with Crippen molar-refractivity contribution >= 4 is 11.5 Å². The van der Waals surface area contributed by atoms with Gasteiger partial charge in [-0.05, 0) is 36.2 Å². The molecule has 0 saturated heterocycles. The van der Waals surface area contributed by atoms with Crippen LogP contribution in [0.25, 0.3) is 0 Å². The lowest BCUT2D eigenvalue weighted by Crippen LogP contribution is -2.29. The largest absolute Gasteiger partial charge is 0.494 e. The molecule has 0 bridgehead atoms. The van der Waals surface area contributed by atoms with Crippen LogP contribution in [0.2, 0.25) is 0 Å². The summed E-state index contributed by atoms with van der Waals surface area (Å²) >= 11 is 1.30. The SMILES string of the molecule is CCOc1cccc(C(NN)c2csnn2)c1. The fraction of sp³-hybridized carbons (Fsp3) is 0.273. The van der Waals surface area contributed by atoms with Crippen LogP contribution in [0.15, 0.2) is 29.6 Å². The van der Waals surface area contributed by atoms with Crippen molar-refractivity contribution < 1.29 is 4.74 Å². The number of aromatic nitrogens is 2. The summed E-state index contributed by atoms with van der Waals surface area (Å²) in [7, 11) is 0. The molecule has 6 heteroatoms. The molecule has 2 aromatic rings. The van der Waals surface area contributed by atoms with Crippen molar-refractivity contribution in [2.75, 3.05) is 6.61 Å². The van der Waals surface area contributed by atoms with Crippen molar-refractivity contribution in [3.63, 3.8) is 0 Å². The van der Waals surface area contributed by atoms with E-state index in [0.29, 0.717) is 6.61 Å². The van der Waals surface area contributed by atoms with Crippen LogP contribution < -0.4 is 16.0 Å². The van der Waals surface area contributed by atoms with Crippen LogP contribution in [-0.4, -0.2) is 16.2 Å². The molecular formula is C11H14N4OS. The van der Waals surface area contributed by atoms with E-state index < -0.39 is 0 Å². The normalized spacial score (nSPS) is 12.4. The fourth-order valence-electron chi connectivity index (χ4n) is 1.60. The van der Waals surface area contributed by atoms with Crippen LogP contribution in [-0.2, 0) is 0 Å². The Balaban J connectivity index is 2.28. The molecule has 0 aliphatic heterocycles. The standard InChI is InChI=1S/C11H14N4OS/c1-2-16-9-5-3-4-8(6-9)11(13-12)10-7-17-15-14-10/h3-7,11,13H,2,12H2,1H3. The summed E-state index contributed by atoms with van der Waals surface area (Å²) in [6.07, 6.45) is 0. The minimum Gasteiger partial charge on any atom is -0.494 e. The van der Waals surface area contributed by atoms with Crippen LogP contribution in [0.5, 0.6) is 5.75 Å². The summed E-state index contributed by atoms with van der Waals surface area (Å²) < 4.78 is 9.30. The Labute approximate surface area is 104 Å². The van der Waals surface area contributed by atoms with Crippen molar-refractivity contribution in [3.05, 3.63) is 40.9 Å². The van der Waals surface area contributed by atoms with Crippen molar-refractivity contribution in [1.82, 2.24) is 15.0 Å². The average Bonchev–Trinajstić information content (AvgIpc) is 2.85. The van der Waals surface area contributed by atoms with E-state index in [0.717, 1.165) is 17.0 Å². The van der Waals surface area contributed by atoms with Gasteiger partial charge in [0.1, 0.15) is 5.75 Å². The fourth-order valence-corrected chi connectivity index (χ4v) is 2.08. The number of hydrogen-bond acceptors (Lipinski definition) is 6. The number of ether oxygens (including phenoxy) is 1.